The van der Waals surface area contributed by atoms with Crippen LogP contribution in [0.2, 0.25) is 0 Å². The summed E-state index contributed by atoms with van der Waals surface area (Å²) in [5.41, 5.74) is 4.60. The van der Waals surface area contributed by atoms with Crippen LogP contribution in [0.5, 0.6) is 5.88 Å². The standard InChI is InChI=1S/C22H22FN3O2/c1-3-25(4-2)22(27)28-21-20-18-8-6-5-7-15(18)9-14-19(20)24-26(21)17-12-10-16(23)11-13-17/h5-8,10-13H,3-4,9,14H2,1-2H3. The fourth-order valence-corrected chi connectivity index (χ4v) is 3.61. The highest BCUT2D eigenvalue weighted by Gasteiger charge is 2.29. The molecule has 5 nitrogen and oxygen atoms in total. The van der Waals surface area contributed by atoms with Gasteiger partial charge in [0, 0.05) is 13.1 Å². The Hall–Kier alpha value is -3.15. The van der Waals surface area contributed by atoms with E-state index < -0.39 is 6.09 Å². The topological polar surface area (TPSA) is 47.4 Å². The van der Waals surface area contributed by atoms with Crippen LogP contribution in [0.15, 0.2) is 48.5 Å². The second kappa shape index (κ2) is 7.46. The second-order valence-electron chi connectivity index (χ2n) is 6.71. The number of hydrogen-bond donors (Lipinski definition) is 0. The summed E-state index contributed by atoms with van der Waals surface area (Å²) in [6.07, 6.45) is 1.22. The van der Waals surface area contributed by atoms with Crippen LogP contribution >= 0.6 is 0 Å². The molecule has 0 saturated heterocycles. The first kappa shape index (κ1) is 18.2. The van der Waals surface area contributed by atoms with E-state index in [2.05, 4.69) is 6.07 Å². The number of hydrogen-bond acceptors (Lipinski definition) is 3. The quantitative estimate of drug-likeness (QED) is 0.665. The Bertz CT molecular complexity index is 1010. The number of rotatable bonds is 4. The number of aryl methyl sites for hydroxylation is 2. The summed E-state index contributed by atoms with van der Waals surface area (Å²) in [7, 11) is 0. The maximum Gasteiger partial charge on any atom is 0.416 e. The van der Waals surface area contributed by atoms with Crippen LogP contribution in [-0.4, -0.2) is 33.9 Å². The summed E-state index contributed by atoms with van der Waals surface area (Å²) >= 11 is 0. The van der Waals surface area contributed by atoms with Crippen LogP contribution in [0, 0.1) is 5.82 Å². The predicted octanol–water partition coefficient (Wildman–Crippen LogP) is 4.62. The molecule has 1 aromatic heterocycles. The monoisotopic (exact) mass is 379 g/mol. The first-order valence-corrected chi connectivity index (χ1v) is 9.55. The molecule has 0 fully saturated rings. The molecule has 1 aliphatic rings. The average Bonchev–Trinajstić information content (AvgIpc) is 3.08. The van der Waals surface area contributed by atoms with Gasteiger partial charge < -0.3 is 9.64 Å². The van der Waals surface area contributed by atoms with E-state index >= 15 is 0 Å². The lowest BCUT2D eigenvalue weighted by molar-refractivity contribution is 0.154. The molecule has 0 aliphatic heterocycles. The summed E-state index contributed by atoms with van der Waals surface area (Å²) in [5, 5.41) is 4.71. The van der Waals surface area contributed by atoms with E-state index in [9.17, 15) is 9.18 Å². The Labute approximate surface area is 163 Å². The molecule has 4 rings (SSSR count). The van der Waals surface area contributed by atoms with Crippen molar-refractivity contribution in [2.45, 2.75) is 26.7 Å². The molecule has 0 saturated carbocycles. The van der Waals surface area contributed by atoms with E-state index in [4.69, 9.17) is 9.84 Å². The smallest absolute Gasteiger partial charge is 0.390 e. The van der Waals surface area contributed by atoms with Gasteiger partial charge in [-0.25, -0.2) is 9.18 Å². The number of ether oxygens (including phenoxy) is 1. The molecule has 28 heavy (non-hydrogen) atoms. The van der Waals surface area contributed by atoms with Gasteiger partial charge in [0.2, 0.25) is 5.88 Å². The van der Waals surface area contributed by atoms with Crippen molar-refractivity contribution in [3.8, 4) is 22.7 Å². The highest BCUT2D eigenvalue weighted by molar-refractivity contribution is 5.81. The Morgan fingerprint density at radius 2 is 1.82 bits per heavy atom. The zero-order chi connectivity index (χ0) is 19.7. The summed E-state index contributed by atoms with van der Waals surface area (Å²) in [6.45, 7) is 4.93. The fraction of sp³-hybridized carbons (Fsp3) is 0.273. The predicted molar refractivity (Wildman–Crippen MR) is 105 cm³/mol. The van der Waals surface area contributed by atoms with E-state index in [1.54, 1.807) is 21.7 Å². The van der Waals surface area contributed by atoms with Crippen molar-refractivity contribution in [1.29, 1.82) is 0 Å². The zero-order valence-corrected chi connectivity index (χ0v) is 16.0. The van der Waals surface area contributed by atoms with Crippen molar-refractivity contribution < 1.29 is 13.9 Å². The third-order valence-electron chi connectivity index (χ3n) is 5.11. The van der Waals surface area contributed by atoms with Gasteiger partial charge in [0.15, 0.2) is 0 Å². The van der Waals surface area contributed by atoms with Crippen LogP contribution in [-0.2, 0) is 12.8 Å². The zero-order valence-electron chi connectivity index (χ0n) is 16.0. The minimum atomic E-state index is -0.417. The van der Waals surface area contributed by atoms with E-state index in [-0.39, 0.29) is 5.82 Å². The summed E-state index contributed by atoms with van der Waals surface area (Å²) in [6, 6.07) is 14.1. The van der Waals surface area contributed by atoms with Crippen molar-refractivity contribution in [3.05, 3.63) is 65.6 Å². The van der Waals surface area contributed by atoms with Crippen LogP contribution in [0.4, 0.5) is 9.18 Å². The molecule has 0 atom stereocenters. The summed E-state index contributed by atoms with van der Waals surface area (Å²) < 4.78 is 20.9. The van der Waals surface area contributed by atoms with Crippen molar-refractivity contribution >= 4 is 6.09 Å². The van der Waals surface area contributed by atoms with E-state index in [1.807, 2.05) is 32.0 Å². The molecule has 3 aromatic rings. The number of fused-ring (bicyclic) bond motifs is 3. The third kappa shape index (κ3) is 3.15. The first-order valence-electron chi connectivity index (χ1n) is 9.55. The molecule has 2 aromatic carbocycles. The Balaban J connectivity index is 1.87. The molecule has 0 radical (unpaired) electrons. The summed E-state index contributed by atoms with van der Waals surface area (Å²) in [5.74, 6) is 0.0540. The van der Waals surface area contributed by atoms with Gasteiger partial charge in [-0.3, -0.25) is 0 Å². The van der Waals surface area contributed by atoms with Crippen LogP contribution in [0.3, 0.4) is 0 Å². The maximum absolute atomic E-state index is 13.4. The molecule has 6 heteroatoms. The molecule has 0 bridgehead atoms. The van der Waals surface area contributed by atoms with Crippen molar-refractivity contribution in [2.75, 3.05) is 13.1 Å². The first-order chi connectivity index (χ1) is 13.6. The molecule has 1 aliphatic carbocycles. The Kier molecular flexibility index (Phi) is 4.86. The third-order valence-corrected chi connectivity index (χ3v) is 5.11. The average molecular weight is 379 g/mol. The van der Waals surface area contributed by atoms with Gasteiger partial charge in [-0.1, -0.05) is 24.3 Å². The largest absolute Gasteiger partial charge is 0.416 e. The second-order valence-corrected chi connectivity index (χ2v) is 6.71. The van der Waals surface area contributed by atoms with Crippen molar-refractivity contribution in [3.63, 3.8) is 0 Å². The number of carbonyl (C=O) groups excluding carboxylic acids is 1. The molecule has 144 valence electrons. The van der Waals surface area contributed by atoms with Crippen molar-refractivity contribution in [1.82, 2.24) is 14.7 Å². The molecule has 0 unspecified atom stereocenters. The molecule has 0 spiro atoms. The van der Waals surface area contributed by atoms with Gasteiger partial charge in [-0.15, -0.1) is 0 Å². The van der Waals surface area contributed by atoms with E-state index in [1.165, 1.54) is 17.7 Å². The lowest BCUT2D eigenvalue weighted by atomic mass is 9.90. The number of aromatic nitrogens is 2. The molecule has 1 heterocycles. The molecular weight excluding hydrogens is 357 g/mol. The van der Waals surface area contributed by atoms with Crippen LogP contribution in [0.25, 0.3) is 16.8 Å². The van der Waals surface area contributed by atoms with Crippen molar-refractivity contribution in [2.24, 2.45) is 0 Å². The van der Waals surface area contributed by atoms with E-state index in [0.29, 0.717) is 24.7 Å². The Morgan fingerprint density at radius 1 is 1.11 bits per heavy atom. The highest BCUT2D eigenvalue weighted by atomic mass is 19.1. The SMILES string of the molecule is CCN(CC)C(=O)Oc1c2c(nn1-c1ccc(F)cc1)CCc1ccccc1-2. The maximum atomic E-state index is 13.4. The number of nitrogens with zero attached hydrogens (tertiary/aromatic N) is 3. The van der Waals surface area contributed by atoms with Crippen LogP contribution < -0.4 is 4.74 Å². The number of amides is 1. The number of halogens is 1. The van der Waals surface area contributed by atoms with Gasteiger partial charge in [0.25, 0.3) is 0 Å². The Morgan fingerprint density at radius 3 is 2.54 bits per heavy atom. The minimum Gasteiger partial charge on any atom is -0.390 e. The van der Waals surface area contributed by atoms with Gasteiger partial charge in [-0.05, 0) is 62.1 Å². The fourth-order valence-electron chi connectivity index (χ4n) is 3.61. The van der Waals surface area contributed by atoms with Gasteiger partial charge >= 0.3 is 6.09 Å². The van der Waals surface area contributed by atoms with Crippen LogP contribution in [0.1, 0.15) is 25.1 Å². The number of carbonyl (C=O) groups is 1. The molecular formula is C22H22FN3O2. The highest BCUT2D eigenvalue weighted by Crippen LogP contribution is 2.41. The van der Waals surface area contributed by atoms with Gasteiger partial charge in [-0.2, -0.15) is 9.78 Å². The van der Waals surface area contributed by atoms with E-state index in [0.717, 1.165) is 29.7 Å². The lowest BCUT2D eigenvalue weighted by Gasteiger charge is -2.20. The molecule has 1 amide bonds. The lowest BCUT2D eigenvalue weighted by Crippen LogP contribution is -2.33. The minimum absolute atomic E-state index is 0.326. The normalized spacial score (nSPS) is 12.2. The number of benzene rings is 2. The molecule has 0 N–H and O–H groups in total. The van der Waals surface area contributed by atoms with Gasteiger partial charge in [0.05, 0.1) is 16.9 Å². The van der Waals surface area contributed by atoms with Gasteiger partial charge in [0.1, 0.15) is 5.82 Å². The summed E-state index contributed by atoms with van der Waals surface area (Å²) in [4.78, 5) is 14.3.